The van der Waals surface area contributed by atoms with E-state index in [0.29, 0.717) is 37.0 Å². The van der Waals surface area contributed by atoms with Gasteiger partial charge in [-0.2, -0.15) is 13.2 Å². The van der Waals surface area contributed by atoms with E-state index in [1.807, 2.05) is 0 Å². The second-order valence-corrected chi connectivity index (χ2v) is 8.61. The van der Waals surface area contributed by atoms with Crippen molar-refractivity contribution in [1.29, 1.82) is 0 Å². The van der Waals surface area contributed by atoms with Crippen LogP contribution >= 0.6 is 34.5 Å². The van der Waals surface area contributed by atoms with Crippen molar-refractivity contribution in [1.82, 2.24) is 10.2 Å². The van der Waals surface area contributed by atoms with E-state index in [-0.39, 0.29) is 5.56 Å². The summed E-state index contributed by atoms with van der Waals surface area (Å²) in [7, 11) is 0. The third kappa shape index (κ3) is 5.05. The van der Waals surface area contributed by atoms with Crippen LogP contribution in [0, 0.1) is 0 Å². The van der Waals surface area contributed by atoms with Crippen LogP contribution < -0.4 is 5.32 Å². The minimum Gasteiger partial charge on any atom is -0.384 e. The lowest BCUT2D eigenvalue weighted by atomic mass is 9.98. The van der Waals surface area contributed by atoms with E-state index in [9.17, 15) is 18.3 Å². The monoisotopic (exact) mass is 495 g/mol. The minimum atomic E-state index is -4.48. The summed E-state index contributed by atoms with van der Waals surface area (Å²) in [6, 6.07) is 16.5. The Balaban J connectivity index is 1.56. The second kappa shape index (κ2) is 9.07. The highest BCUT2D eigenvalue weighted by atomic mass is 35.5. The summed E-state index contributed by atoms with van der Waals surface area (Å²) < 4.78 is 39.0. The van der Waals surface area contributed by atoms with E-state index in [1.165, 1.54) is 23.5 Å². The molecule has 2 N–H and O–H groups in total. The van der Waals surface area contributed by atoms with Gasteiger partial charge in [-0.05, 0) is 47.5 Å². The Morgan fingerprint density at radius 3 is 2.31 bits per heavy atom. The molecule has 1 aromatic heterocycles. The fourth-order valence-corrected chi connectivity index (χ4v) is 4.07. The van der Waals surface area contributed by atoms with Crippen LogP contribution in [-0.2, 0) is 6.18 Å². The average Bonchev–Trinajstić information content (AvgIpc) is 3.24. The van der Waals surface area contributed by atoms with E-state index in [1.54, 1.807) is 42.5 Å². The van der Waals surface area contributed by atoms with Gasteiger partial charge in [0, 0.05) is 11.3 Å². The Morgan fingerprint density at radius 1 is 0.875 bits per heavy atom. The number of halogens is 5. The Morgan fingerprint density at radius 2 is 1.59 bits per heavy atom. The van der Waals surface area contributed by atoms with Crippen LogP contribution in [0.2, 0.25) is 10.0 Å². The third-order valence-corrected chi connectivity index (χ3v) is 6.20. The minimum absolute atomic E-state index is 0.149. The molecule has 0 aliphatic rings. The van der Waals surface area contributed by atoms with E-state index >= 15 is 0 Å². The lowest BCUT2D eigenvalue weighted by molar-refractivity contribution is -0.137. The summed E-state index contributed by atoms with van der Waals surface area (Å²) >= 11 is 13.2. The van der Waals surface area contributed by atoms with Gasteiger partial charge in [-0.25, -0.2) is 0 Å². The summed E-state index contributed by atoms with van der Waals surface area (Å²) in [4.78, 5) is 0. The molecule has 0 saturated heterocycles. The molecule has 32 heavy (non-hydrogen) atoms. The van der Waals surface area contributed by atoms with Gasteiger partial charge in [-0.1, -0.05) is 64.9 Å². The molecule has 0 saturated carbocycles. The molecule has 0 bridgehead atoms. The van der Waals surface area contributed by atoms with Gasteiger partial charge in [0.05, 0.1) is 15.6 Å². The topological polar surface area (TPSA) is 58.0 Å². The Hall–Kier alpha value is -2.65. The summed E-state index contributed by atoms with van der Waals surface area (Å²) in [5, 5.41) is 23.9. The zero-order valence-corrected chi connectivity index (χ0v) is 18.4. The zero-order valence-electron chi connectivity index (χ0n) is 16.1. The molecule has 0 amide bonds. The molecule has 0 spiro atoms. The van der Waals surface area contributed by atoms with Gasteiger partial charge >= 0.3 is 6.18 Å². The van der Waals surface area contributed by atoms with E-state index in [2.05, 4.69) is 15.5 Å². The number of anilines is 2. The molecule has 1 atom stereocenters. The van der Waals surface area contributed by atoms with Gasteiger partial charge in [-0.3, -0.25) is 0 Å². The van der Waals surface area contributed by atoms with Crippen LogP contribution in [0.5, 0.6) is 0 Å². The standard InChI is InChI=1S/C22H14Cl2F3N3OS/c23-17-8-7-16(11-18(17)24)28-21-30-29-20(32-21)14-5-1-3-12(9-14)19(31)13-4-2-6-15(10-13)22(25,26)27/h1-11,19,31H,(H,28,30). The number of aliphatic hydroxyl groups excluding tert-OH is 1. The zero-order chi connectivity index (χ0) is 22.9. The fraction of sp³-hybridized carbons (Fsp3) is 0.0909. The summed E-state index contributed by atoms with van der Waals surface area (Å²) in [5.74, 6) is 0. The van der Waals surface area contributed by atoms with Gasteiger partial charge < -0.3 is 10.4 Å². The molecule has 164 valence electrons. The molecule has 0 radical (unpaired) electrons. The SMILES string of the molecule is OC(c1cccc(-c2nnc(Nc3ccc(Cl)c(Cl)c3)s2)c1)c1cccc(C(F)(F)F)c1. The van der Waals surface area contributed by atoms with Gasteiger partial charge in [0.2, 0.25) is 5.13 Å². The molecule has 1 heterocycles. The molecule has 4 rings (SSSR count). The summed E-state index contributed by atoms with van der Waals surface area (Å²) in [6.07, 6.45) is -5.71. The maximum Gasteiger partial charge on any atom is 0.416 e. The van der Waals surface area contributed by atoms with Crippen molar-refractivity contribution < 1.29 is 18.3 Å². The van der Waals surface area contributed by atoms with E-state index in [4.69, 9.17) is 23.2 Å². The van der Waals surface area contributed by atoms with Crippen molar-refractivity contribution in [3.63, 3.8) is 0 Å². The molecular weight excluding hydrogens is 482 g/mol. The van der Waals surface area contributed by atoms with Crippen LogP contribution in [0.4, 0.5) is 24.0 Å². The second-order valence-electron chi connectivity index (χ2n) is 6.82. The molecule has 10 heteroatoms. The Labute approximate surface area is 195 Å². The number of nitrogens with zero attached hydrogens (tertiary/aromatic N) is 2. The first kappa shape index (κ1) is 22.5. The quantitative estimate of drug-likeness (QED) is 0.303. The van der Waals surface area contributed by atoms with Crippen molar-refractivity contribution in [3.8, 4) is 10.6 Å². The fourth-order valence-electron chi connectivity index (χ4n) is 3.01. The first-order valence-corrected chi connectivity index (χ1v) is 10.8. The third-order valence-electron chi connectivity index (χ3n) is 4.57. The van der Waals surface area contributed by atoms with Crippen LogP contribution in [-0.4, -0.2) is 15.3 Å². The summed E-state index contributed by atoms with van der Waals surface area (Å²) in [5.41, 5.74) is 1.14. The van der Waals surface area contributed by atoms with Gasteiger partial charge in [0.25, 0.3) is 0 Å². The Bertz CT molecular complexity index is 1260. The van der Waals surface area contributed by atoms with Crippen molar-refractivity contribution in [2.75, 3.05) is 5.32 Å². The highest BCUT2D eigenvalue weighted by Crippen LogP contribution is 2.34. The van der Waals surface area contributed by atoms with Crippen LogP contribution in [0.1, 0.15) is 22.8 Å². The molecule has 1 unspecified atom stereocenters. The number of nitrogens with one attached hydrogen (secondary N) is 1. The molecule has 4 nitrogen and oxygen atoms in total. The highest BCUT2D eigenvalue weighted by Gasteiger charge is 2.31. The number of rotatable bonds is 5. The predicted octanol–water partition coefficient (Wildman–Crippen LogP) is 7.36. The van der Waals surface area contributed by atoms with Crippen molar-refractivity contribution >= 4 is 45.4 Å². The number of benzene rings is 3. The molecule has 0 fully saturated rings. The van der Waals surface area contributed by atoms with Crippen molar-refractivity contribution in [3.05, 3.63) is 93.5 Å². The average molecular weight is 496 g/mol. The van der Waals surface area contributed by atoms with Crippen molar-refractivity contribution in [2.45, 2.75) is 12.3 Å². The van der Waals surface area contributed by atoms with Crippen LogP contribution in [0.25, 0.3) is 10.6 Å². The van der Waals surface area contributed by atoms with Gasteiger partial charge in [0.1, 0.15) is 11.1 Å². The first-order valence-electron chi connectivity index (χ1n) is 9.22. The van der Waals surface area contributed by atoms with Crippen molar-refractivity contribution in [2.24, 2.45) is 0 Å². The molecule has 4 aromatic rings. The first-order chi connectivity index (χ1) is 15.2. The lowest BCUT2D eigenvalue weighted by Gasteiger charge is -2.14. The molecule has 0 aliphatic heterocycles. The normalized spacial score (nSPS) is 12.6. The molecule has 0 aliphatic carbocycles. The van der Waals surface area contributed by atoms with Crippen LogP contribution in [0.3, 0.4) is 0 Å². The predicted molar refractivity (Wildman–Crippen MR) is 121 cm³/mol. The molecular formula is C22H14Cl2F3N3OS. The lowest BCUT2D eigenvalue weighted by Crippen LogP contribution is -2.07. The number of aliphatic hydroxyl groups is 1. The Kier molecular flexibility index (Phi) is 6.39. The van der Waals surface area contributed by atoms with E-state index < -0.39 is 17.8 Å². The van der Waals surface area contributed by atoms with Gasteiger partial charge in [0.15, 0.2) is 0 Å². The molecule has 3 aromatic carbocycles. The smallest absolute Gasteiger partial charge is 0.384 e. The maximum atomic E-state index is 13.0. The van der Waals surface area contributed by atoms with Gasteiger partial charge in [-0.15, -0.1) is 10.2 Å². The number of aromatic nitrogens is 2. The largest absolute Gasteiger partial charge is 0.416 e. The number of hydrogen-bond donors (Lipinski definition) is 2. The number of alkyl halides is 3. The van der Waals surface area contributed by atoms with E-state index in [0.717, 1.165) is 12.1 Å². The maximum absolute atomic E-state index is 13.0. The summed E-state index contributed by atoms with van der Waals surface area (Å²) in [6.45, 7) is 0. The highest BCUT2D eigenvalue weighted by molar-refractivity contribution is 7.18. The number of hydrogen-bond acceptors (Lipinski definition) is 5. The van der Waals surface area contributed by atoms with Crippen LogP contribution in [0.15, 0.2) is 66.7 Å².